The zero-order chi connectivity index (χ0) is 30.0. The molecule has 1 unspecified atom stereocenters. The Balaban J connectivity index is 2.21. The van der Waals surface area contributed by atoms with Gasteiger partial charge in [0.05, 0.1) is 27.4 Å². The lowest BCUT2D eigenvalue weighted by atomic mass is 9.89. The van der Waals surface area contributed by atoms with Crippen LogP contribution in [-0.2, 0) is 4.79 Å². The van der Waals surface area contributed by atoms with E-state index in [0.29, 0.717) is 31.3 Å². The first-order chi connectivity index (χ1) is 19.9. The van der Waals surface area contributed by atoms with Gasteiger partial charge in [-0.2, -0.15) is 0 Å². The van der Waals surface area contributed by atoms with Gasteiger partial charge in [-0.3, -0.25) is 4.79 Å². The molecule has 0 aliphatic rings. The van der Waals surface area contributed by atoms with Gasteiger partial charge in [0.2, 0.25) is 5.91 Å². The van der Waals surface area contributed by atoms with Crippen molar-refractivity contribution in [2.45, 2.75) is 53.9 Å². The number of hydrogen-bond donors (Lipinski definition) is 1. The summed E-state index contributed by atoms with van der Waals surface area (Å²) in [4.78, 5) is 11.1. The van der Waals surface area contributed by atoms with Gasteiger partial charge >= 0.3 is 0 Å². The van der Waals surface area contributed by atoms with Gasteiger partial charge in [0, 0.05) is 12.8 Å². The molecule has 1 N–H and O–H groups in total. The minimum Gasteiger partial charge on any atom is -0.493 e. The van der Waals surface area contributed by atoms with Crippen LogP contribution in [0.1, 0.15) is 65.0 Å². The summed E-state index contributed by atoms with van der Waals surface area (Å²) in [6, 6.07) is 11.9. The standard InChI is InChI=1S/C35H47NO5/c1-8-11-30(17-13-28-15-19-32(40-22-10-3)34(24-28)38-6)26(4)31(12-9-2)18-14-29-16-20-33(35(25-29)39-7)41-23-21-36-27(5)37/h11-20,24-26H,8-10,21-23H2,1-7H3,(H,36,37)/b17-13+,18-14+,30-11-,31-12+. The topological polar surface area (TPSA) is 66.0 Å². The average molecular weight is 562 g/mol. The maximum Gasteiger partial charge on any atom is 0.216 e. The van der Waals surface area contributed by atoms with Gasteiger partial charge in [-0.05, 0) is 65.8 Å². The van der Waals surface area contributed by atoms with Crippen molar-refractivity contribution in [1.82, 2.24) is 5.32 Å². The number of amides is 1. The summed E-state index contributed by atoms with van der Waals surface area (Å²) in [5.74, 6) is 2.93. The second kappa shape index (κ2) is 18.4. The number of carbonyl (C=O) groups excluding carboxylic acids is 1. The van der Waals surface area contributed by atoms with Crippen LogP contribution in [0, 0.1) is 5.92 Å². The number of benzene rings is 2. The largest absolute Gasteiger partial charge is 0.493 e. The number of hydrogen-bond acceptors (Lipinski definition) is 5. The summed E-state index contributed by atoms with van der Waals surface area (Å²) >= 11 is 0. The summed E-state index contributed by atoms with van der Waals surface area (Å²) in [7, 11) is 3.30. The highest BCUT2D eigenvalue weighted by molar-refractivity contribution is 5.72. The smallest absolute Gasteiger partial charge is 0.216 e. The Bertz CT molecular complexity index is 1230. The van der Waals surface area contributed by atoms with E-state index in [9.17, 15) is 4.79 Å². The monoisotopic (exact) mass is 561 g/mol. The average Bonchev–Trinajstić information content (AvgIpc) is 2.98. The van der Waals surface area contributed by atoms with Crippen molar-refractivity contribution in [3.8, 4) is 23.0 Å². The summed E-state index contributed by atoms with van der Waals surface area (Å²) in [5, 5.41) is 2.73. The Morgan fingerprint density at radius 1 is 0.780 bits per heavy atom. The van der Waals surface area contributed by atoms with Crippen molar-refractivity contribution in [3.05, 3.63) is 83.0 Å². The molecule has 2 aromatic rings. The minimum atomic E-state index is -0.0783. The lowest BCUT2D eigenvalue weighted by Crippen LogP contribution is -2.25. The van der Waals surface area contributed by atoms with Crippen molar-refractivity contribution < 1.29 is 23.7 Å². The number of nitrogens with one attached hydrogen (secondary N) is 1. The fraction of sp³-hybridized carbons (Fsp3) is 0.400. The number of carbonyl (C=O) groups is 1. The van der Waals surface area contributed by atoms with Gasteiger partial charge in [-0.25, -0.2) is 0 Å². The van der Waals surface area contributed by atoms with Gasteiger partial charge in [0.15, 0.2) is 23.0 Å². The van der Waals surface area contributed by atoms with Crippen molar-refractivity contribution in [2.75, 3.05) is 34.0 Å². The van der Waals surface area contributed by atoms with Crippen LogP contribution in [0.15, 0.2) is 71.8 Å². The fourth-order valence-electron chi connectivity index (χ4n) is 4.24. The quantitative estimate of drug-likeness (QED) is 0.156. The predicted molar refractivity (Wildman–Crippen MR) is 170 cm³/mol. The molecule has 0 fully saturated rings. The summed E-state index contributed by atoms with van der Waals surface area (Å²) < 4.78 is 22.7. The molecule has 0 bridgehead atoms. The third kappa shape index (κ3) is 11.2. The van der Waals surface area contributed by atoms with Gasteiger partial charge < -0.3 is 24.3 Å². The predicted octanol–water partition coefficient (Wildman–Crippen LogP) is 8.04. The molecule has 2 aromatic carbocycles. The number of ether oxygens (including phenoxy) is 4. The van der Waals surface area contributed by atoms with Crippen LogP contribution >= 0.6 is 0 Å². The van der Waals surface area contributed by atoms with E-state index in [2.05, 4.69) is 75.5 Å². The second-order valence-corrected chi connectivity index (χ2v) is 9.61. The lowest BCUT2D eigenvalue weighted by Gasteiger charge is -2.16. The second-order valence-electron chi connectivity index (χ2n) is 9.61. The first-order valence-corrected chi connectivity index (χ1v) is 14.5. The normalized spacial score (nSPS) is 13.0. The first-order valence-electron chi connectivity index (χ1n) is 14.5. The van der Waals surface area contributed by atoms with Crippen LogP contribution in [0.5, 0.6) is 23.0 Å². The van der Waals surface area contributed by atoms with E-state index in [1.165, 1.54) is 18.1 Å². The highest BCUT2D eigenvalue weighted by atomic mass is 16.5. The molecule has 0 heterocycles. The molecule has 222 valence electrons. The SMILES string of the molecule is CC/C=C(/C=C/c1ccc(OCCC)c(OC)c1)C(C)C(/C=C/c1ccc(OCCNC(C)=O)c(OC)c1)=C/CC. The number of rotatable bonds is 17. The highest BCUT2D eigenvalue weighted by Gasteiger charge is 2.11. The molecule has 41 heavy (non-hydrogen) atoms. The molecular weight excluding hydrogens is 514 g/mol. The number of allylic oxidation sites excluding steroid dienone is 6. The van der Waals surface area contributed by atoms with Crippen molar-refractivity contribution in [1.29, 1.82) is 0 Å². The lowest BCUT2D eigenvalue weighted by molar-refractivity contribution is -0.119. The Hall–Kier alpha value is -3.93. The molecule has 0 radical (unpaired) electrons. The summed E-state index contributed by atoms with van der Waals surface area (Å²) in [5.41, 5.74) is 4.57. The van der Waals surface area contributed by atoms with E-state index in [0.717, 1.165) is 41.9 Å². The molecule has 0 saturated carbocycles. The molecule has 0 aliphatic carbocycles. The molecule has 0 spiro atoms. The van der Waals surface area contributed by atoms with Crippen molar-refractivity contribution >= 4 is 18.1 Å². The van der Waals surface area contributed by atoms with Crippen molar-refractivity contribution in [3.63, 3.8) is 0 Å². The maximum atomic E-state index is 11.1. The van der Waals surface area contributed by atoms with E-state index >= 15 is 0 Å². The van der Waals surface area contributed by atoms with Crippen LogP contribution in [0.2, 0.25) is 0 Å². The maximum absolute atomic E-state index is 11.1. The van der Waals surface area contributed by atoms with E-state index in [4.69, 9.17) is 18.9 Å². The van der Waals surface area contributed by atoms with Gasteiger partial charge in [0.1, 0.15) is 6.61 Å². The molecule has 1 atom stereocenters. The van der Waals surface area contributed by atoms with Crippen LogP contribution in [0.3, 0.4) is 0 Å². The van der Waals surface area contributed by atoms with Gasteiger partial charge in [0.25, 0.3) is 0 Å². The fourth-order valence-corrected chi connectivity index (χ4v) is 4.24. The molecule has 0 aromatic heterocycles. The van der Waals surface area contributed by atoms with Crippen LogP contribution in [0.25, 0.3) is 12.2 Å². The highest BCUT2D eigenvalue weighted by Crippen LogP contribution is 2.31. The Morgan fingerprint density at radius 3 is 1.68 bits per heavy atom. The molecular formula is C35H47NO5. The van der Waals surface area contributed by atoms with E-state index < -0.39 is 0 Å². The molecule has 0 aliphatic heterocycles. The van der Waals surface area contributed by atoms with Crippen LogP contribution < -0.4 is 24.3 Å². The van der Waals surface area contributed by atoms with Gasteiger partial charge in [-0.15, -0.1) is 0 Å². The van der Waals surface area contributed by atoms with Crippen molar-refractivity contribution in [2.24, 2.45) is 5.92 Å². The summed E-state index contributed by atoms with van der Waals surface area (Å²) in [6.07, 6.45) is 16.0. The molecule has 0 saturated heterocycles. The molecule has 1 amide bonds. The molecule has 6 heteroatoms. The third-order valence-electron chi connectivity index (χ3n) is 6.39. The first kappa shape index (κ1) is 33.3. The zero-order valence-corrected chi connectivity index (χ0v) is 25.8. The molecule has 2 rings (SSSR count). The van der Waals surface area contributed by atoms with Gasteiger partial charge in [-0.1, -0.05) is 76.3 Å². The molecule has 6 nitrogen and oxygen atoms in total. The van der Waals surface area contributed by atoms with E-state index in [1.807, 2.05) is 30.3 Å². The van der Waals surface area contributed by atoms with E-state index in [1.54, 1.807) is 14.2 Å². The Kier molecular flexibility index (Phi) is 15.0. The minimum absolute atomic E-state index is 0.0783. The Morgan fingerprint density at radius 2 is 1.27 bits per heavy atom. The Labute approximate surface area is 246 Å². The summed E-state index contributed by atoms with van der Waals surface area (Å²) in [6.45, 7) is 11.6. The van der Waals surface area contributed by atoms with Crippen LogP contribution in [-0.4, -0.2) is 39.9 Å². The third-order valence-corrected chi connectivity index (χ3v) is 6.39. The van der Waals surface area contributed by atoms with E-state index in [-0.39, 0.29) is 11.8 Å². The van der Waals surface area contributed by atoms with Crippen LogP contribution in [0.4, 0.5) is 0 Å². The zero-order valence-electron chi connectivity index (χ0n) is 25.8. The number of methoxy groups -OCH3 is 2.